The van der Waals surface area contributed by atoms with Gasteiger partial charge in [0.1, 0.15) is 0 Å². The molecule has 0 saturated carbocycles. The zero-order chi connectivity index (χ0) is 8.10. The van der Waals surface area contributed by atoms with E-state index in [0.29, 0.717) is 0 Å². The van der Waals surface area contributed by atoms with E-state index in [1.807, 2.05) is 6.07 Å². The zero-order valence-electron chi connectivity index (χ0n) is 6.87. The molecule has 1 rings (SSSR count). The quantitative estimate of drug-likeness (QED) is 0.600. The second kappa shape index (κ2) is 4.24. The predicted octanol–water partition coefficient (Wildman–Crippen LogP) is 3.70. The summed E-state index contributed by atoms with van der Waals surface area (Å²) in [6.07, 6.45) is 2.12. The Morgan fingerprint density at radius 1 is 1.27 bits per heavy atom. The maximum Gasteiger partial charge on any atom is 0.0118 e. The highest BCUT2D eigenvalue weighted by Gasteiger charge is 1.91. The van der Waals surface area contributed by atoms with Gasteiger partial charge in [0, 0.05) is 4.90 Å². The van der Waals surface area contributed by atoms with Gasteiger partial charge in [0.05, 0.1) is 0 Å². The number of benzene rings is 1. The van der Waals surface area contributed by atoms with Crippen molar-refractivity contribution >= 4 is 11.8 Å². The summed E-state index contributed by atoms with van der Waals surface area (Å²) in [5.41, 5.74) is 0. The number of hydrogen-bond acceptors (Lipinski definition) is 1. The van der Waals surface area contributed by atoms with Gasteiger partial charge in [0.15, 0.2) is 0 Å². The van der Waals surface area contributed by atoms with Crippen molar-refractivity contribution in [3.8, 4) is 0 Å². The van der Waals surface area contributed by atoms with E-state index in [1.165, 1.54) is 9.80 Å². The summed E-state index contributed by atoms with van der Waals surface area (Å²) in [5, 5.41) is 0. The Hall–Kier alpha value is -0.690. The van der Waals surface area contributed by atoms with Crippen LogP contribution < -0.4 is 0 Å². The first-order chi connectivity index (χ1) is 5.33. The molecule has 1 aromatic rings. The van der Waals surface area contributed by atoms with E-state index < -0.39 is 0 Å². The molecule has 0 fully saturated rings. The molecule has 0 aromatic heterocycles. The molecule has 0 heterocycles. The summed E-state index contributed by atoms with van der Waals surface area (Å²) < 4.78 is 0. The van der Waals surface area contributed by atoms with Crippen molar-refractivity contribution in [2.45, 2.75) is 18.7 Å². The lowest BCUT2D eigenvalue weighted by atomic mass is 10.4. The molecular formula is C10H12S. The van der Waals surface area contributed by atoms with Gasteiger partial charge >= 0.3 is 0 Å². The minimum absolute atomic E-state index is 1.31. The minimum atomic E-state index is 1.31. The average Bonchev–Trinajstić information content (AvgIpc) is 2.06. The SMILES string of the molecule is C/C=C(/C)Sc1ccccc1. The zero-order valence-corrected chi connectivity index (χ0v) is 7.69. The van der Waals surface area contributed by atoms with Crippen molar-refractivity contribution < 1.29 is 0 Å². The molecule has 0 nitrogen and oxygen atoms in total. The summed E-state index contributed by atoms with van der Waals surface area (Å²) >= 11 is 1.80. The number of rotatable bonds is 2. The maximum absolute atomic E-state index is 2.12. The Bertz CT molecular complexity index is 236. The number of thioether (sulfide) groups is 1. The molecular weight excluding hydrogens is 152 g/mol. The van der Waals surface area contributed by atoms with Crippen molar-refractivity contribution in [3.05, 3.63) is 41.3 Å². The van der Waals surface area contributed by atoms with Crippen molar-refractivity contribution in [2.75, 3.05) is 0 Å². The molecule has 0 amide bonds. The molecule has 0 aliphatic carbocycles. The van der Waals surface area contributed by atoms with Gasteiger partial charge < -0.3 is 0 Å². The third-order valence-electron chi connectivity index (χ3n) is 1.43. The van der Waals surface area contributed by atoms with Crippen LogP contribution in [0.2, 0.25) is 0 Å². The van der Waals surface area contributed by atoms with Crippen LogP contribution in [0.5, 0.6) is 0 Å². The van der Waals surface area contributed by atoms with Crippen molar-refractivity contribution in [1.82, 2.24) is 0 Å². The Labute approximate surface area is 72.3 Å². The van der Waals surface area contributed by atoms with Crippen LogP contribution in [0, 0.1) is 0 Å². The van der Waals surface area contributed by atoms with Gasteiger partial charge in [-0.2, -0.15) is 0 Å². The maximum atomic E-state index is 2.12. The normalized spacial score (nSPS) is 11.6. The van der Waals surface area contributed by atoms with Crippen LogP contribution in [0.3, 0.4) is 0 Å². The third kappa shape index (κ3) is 2.81. The number of allylic oxidation sites excluding steroid dienone is 2. The topological polar surface area (TPSA) is 0 Å². The average molecular weight is 164 g/mol. The Morgan fingerprint density at radius 3 is 2.45 bits per heavy atom. The van der Waals surface area contributed by atoms with Gasteiger partial charge in [-0.25, -0.2) is 0 Å². The molecule has 0 radical (unpaired) electrons. The van der Waals surface area contributed by atoms with Gasteiger partial charge in [-0.05, 0) is 30.9 Å². The van der Waals surface area contributed by atoms with Crippen molar-refractivity contribution in [3.63, 3.8) is 0 Å². The van der Waals surface area contributed by atoms with E-state index in [0.717, 1.165) is 0 Å². The fraction of sp³-hybridized carbons (Fsp3) is 0.200. The molecule has 1 heteroatoms. The van der Waals surface area contributed by atoms with Crippen molar-refractivity contribution in [1.29, 1.82) is 0 Å². The van der Waals surface area contributed by atoms with Crippen LogP contribution in [0.25, 0.3) is 0 Å². The molecule has 0 unspecified atom stereocenters. The summed E-state index contributed by atoms with van der Waals surface area (Å²) in [7, 11) is 0. The standard InChI is InChI=1S/C10H12S/c1-3-9(2)11-10-7-5-4-6-8-10/h3-8H,1-2H3/b9-3-. The molecule has 0 aliphatic rings. The van der Waals surface area contributed by atoms with E-state index in [1.54, 1.807) is 11.8 Å². The summed E-state index contributed by atoms with van der Waals surface area (Å²) in [4.78, 5) is 2.65. The Balaban J connectivity index is 2.65. The molecule has 0 aliphatic heterocycles. The first-order valence-corrected chi connectivity index (χ1v) is 4.50. The Morgan fingerprint density at radius 2 is 1.91 bits per heavy atom. The second-order valence-electron chi connectivity index (χ2n) is 2.31. The van der Waals surface area contributed by atoms with Gasteiger partial charge in [-0.3, -0.25) is 0 Å². The van der Waals surface area contributed by atoms with Gasteiger partial charge in [-0.15, -0.1) is 0 Å². The molecule has 1 aromatic carbocycles. The van der Waals surface area contributed by atoms with E-state index in [2.05, 4.69) is 44.2 Å². The third-order valence-corrected chi connectivity index (χ3v) is 2.49. The monoisotopic (exact) mass is 164 g/mol. The largest absolute Gasteiger partial charge is 0.0952 e. The van der Waals surface area contributed by atoms with E-state index in [-0.39, 0.29) is 0 Å². The molecule has 0 saturated heterocycles. The molecule has 11 heavy (non-hydrogen) atoms. The first-order valence-electron chi connectivity index (χ1n) is 3.68. The highest BCUT2D eigenvalue weighted by atomic mass is 32.2. The lowest BCUT2D eigenvalue weighted by Gasteiger charge is -1.98. The van der Waals surface area contributed by atoms with E-state index in [4.69, 9.17) is 0 Å². The van der Waals surface area contributed by atoms with Gasteiger partial charge in [0.2, 0.25) is 0 Å². The van der Waals surface area contributed by atoms with Crippen molar-refractivity contribution in [2.24, 2.45) is 0 Å². The van der Waals surface area contributed by atoms with E-state index >= 15 is 0 Å². The smallest absolute Gasteiger partial charge is 0.0118 e. The van der Waals surface area contributed by atoms with Gasteiger partial charge in [-0.1, -0.05) is 36.0 Å². The van der Waals surface area contributed by atoms with Crippen LogP contribution in [0.4, 0.5) is 0 Å². The van der Waals surface area contributed by atoms with Crippen LogP contribution in [0.1, 0.15) is 13.8 Å². The van der Waals surface area contributed by atoms with Crippen LogP contribution in [0.15, 0.2) is 46.2 Å². The van der Waals surface area contributed by atoms with Gasteiger partial charge in [0.25, 0.3) is 0 Å². The lowest BCUT2D eigenvalue weighted by Crippen LogP contribution is -1.69. The molecule has 58 valence electrons. The first kappa shape index (κ1) is 8.41. The highest BCUT2D eigenvalue weighted by molar-refractivity contribution is 8.03. The lowest BCUT2D eigenvalue weighted by molar-refractivity contribution is 1.46. The van der Waals surface area contributed by atoms with Crippen LogP contribution in [-0.4, -0.2) is 0 Å². The molecule has 0 spiro atoms. The van der Waals surface area contributed by atoms with E-state index in [9.17, 15) is 0 Å². The fourth-order valence-electron chi connectivity index (χ4n) is 0.733. The number of hydrogen-bond donors (Lipinski definition) is 0. The minimum Gasteiger partial charge on any atom is -0.0952 e. The fourth-order valence-corrected chi connectivity index (χ4v) is 1.52. The summed E-state index contributed by atoms with van der Waals surface area (Å²) in [6.45, 7) is 4.18. The Kier molecular flexibility index (Phi) is 3.24. The predicted molar refractivity (Wildman–Crippen MR) is 51.7 cm³/mol. The highest BCUT2D eigenvalue weighted by Crippen LogP contribution is 2.24. The molecule has 0 bridgehead atoms. The van der Waals surface area contributed by atoms with Crippen LogP contribution in [-0.2, 0) is 0 Å². The summed E-state index contributed by atoms with van der Waals surface area (Å²) in [5.74, 6) is 0. The second-order valence-corrected chi connectivity index (χ2v) is 3.63. The van der Waals surface area contributed by atoms with Crippen LogP contribution >= 0.6 is 11.8 Å². The molecule has 0 atom stereocenters. The molecule has 0 N–H and O–H groups in total. The summed E-state index contributed by atoms with van der Waals surface area (Å²) in [6, 6.07) is 10.4.